The average Bonchev–Trinajstić information content (AvgIpc) is 3.24. The Morgan fingerprint density at radius 1 is 0.939 bits per heavy atom. The van der Waals surface area contributed by atoms with E-state index in [1.807, 2.05) is 42.5 Å². The molecule has 0 aliphatic rings. The number of imidazole rings is 1. The molecule has 7 nitrogen and oxygen atoms in total. The van der Waals surface area contributed by atoms with E-state index in [-0.39, 0.29) is 18.5 Å². The van der Waals surface area contributed by atoms with Crippen molar-refractivity contribution >= 4 is 16.9 Å². The van der Waals surface area contributed by atoms with Crippen molar-refractivity contribution in [1.82, 2.24) is 14.9 Å². The van der Waals surface area contributed by atoms with Crippen molar-refractivity contribution in [3.8, 4) is 17.2 Å². The number of carbonyl (C=O) groups excluding carboxylic acids is 1. The van der Waals surface area contributed by atoms with Gasteiger partial charge in [-0.3, -0.25) is 4.79 Å². The molecule has 1 heterocycles. The maximum absolute atomic E-state index is 13.0. The number of methoxy groups -OCH3 is 3. The number of para-hydroxylation sites is 2. The van der Waals surface area contributed by atoms with Gasteiger partial charge in [-0.25, -0.2) is 4.98 Å². The highest BCUT2D eigenvalue weighted by molar-refractivity contribution is 5.95. The second-order valence-electron chi connectivity index (χ2n) is 7.57. The molecule has 170 valence electrons. The SMILES string of the molecule is COc1cc(C(=O)NCc2nc3ccccc3n2C(C)c2ccccc2)cc(OC)c1OC. The van der Waals surface area contributed by atoms with Crippen molar-refractivity contribution in [2.24, 2.45) is 0 Å². The summed E-state index contributed by atoms with van der Waals surface area (Å²) in [4.78, 5) is 17.8. The molecule has 4 rings (SSSR count). The third-order valence-electron chi connectivity index (χ3n) is 5.67. The fourth-order valence-corrected chi connectivity index (χ4v) is 4.01. The molecule has 4 aromatic rings. The second-order valence-corrected chi connectivity index (χ2v) is 7.57. The molecule has 1 atom stereocenters. The highest BCUT2D eigenvalue weighted by Crippen LogP contribution is 2.38. The molecule has 1 N–H and O–H groups in total. The van der Waals surface area contributed by atoms with Crippen molar-refractivity contribution < 1.29 is 19.0 Å². The first-order valence-electron chi connectivity index (χ1n) is 10.7. The van der Waals surface area contributed by atoms with Crippen LogP contribution in [0.3, 0.4) is 0 Å². The molecule has 0 aliphatic carbocycles. The molecule has 0 bridgehead atoms. The second kappa shape index (κ2) is 9.65. The number of ether oxygens (including phenoxy) is 3. The van der Waals surface area contributed by atoms with E-state index in [4.69, 9.17) is 19.2 Å². The summed E-state index contributed by atoms with van der Waals surface area (Å²) >= 11 is 0. The zero-order valence-electron chi connectivity index (χ0n) is 19.2. The van der Waals surface area contributed by atoms with Gasteiger partial charge in [-0.2, -0.15) is 0 Å². The number of fused-ring (bicyclic) bond motifs is 1. The Bertz CT molecular complexity index is 1240. The van der Waals surface area contributed by atoms with Gasteiger partial charge >= 0.3 is 0 Å². The minimum atomic E-state index is -0.264. The molecule has 33 heavy (non-hydrogen) atoms. The summed E-state index contributed by atoms with van der Waals surface area (Å²) in [6.45, 7) is 2.40. The molecule has 1 amide bonds. The fraction of sp³-hybridized carbons (Fsp3) is 0.231. The zero-order chi connectivity index (χ0) is 23.4. The van der Waals surface area contributed by atoms with E-state index in [1.54, 1.807) is 12.1 Å². The predicted molar refractivity (Wildman–Crippen MR) is 127 cm³/mol. The maximum atomic E-state index is 13.0. The Balaban J connectivity index is 1.65. The van der Waals surface area contributed by atoms with Crippen LogP contribution < -0.4 is 19.5 Å². The molecule has 0 fully saturated rings. The highest BCUT2D eigenvalue weighted by atomic mass is 16.5. The highest BCUT2D eigenvalue weighted by Gasteiger charge is 2.20. The van der Waals surface area contributed by atoms with Gasteiger partial charge in [0, 0.05) is 5.56 Å². The molecule has 7 heteroatoms. The van der Waals surface area contributed by atoms with E-state index in [0.717, 1.165) is 22.4 Å². The monoisotopic (exact) mass is 445 g/mol. The minimum Gasteiger partial charge on any atom is -0.493 e. The summed E-state index contributed by atoms with van der Waals surface area (Å²) in [6.07, 6.45) is 0. The average molecular weight is 446 g/mol. The van der Waals surface area contributed by atoms with Gasteiger partial charge in [0.25, 0.3) is 5.91 Å². The van der Waals surface area contributed by atoms with Crippen LogP contribution in [0.15, 0.2) is 66.7 Å². The van der Waals surface area contributed by atoms with E-state index in [1.165, 1.54) is 21.3 Å². The van der Waals surface area contributed by atoms with E-state index in [0.29, 0.717) is 22.8 Å². The Morgan fingerprint density at radius 2 is 1.58 bits per heavy atom. The van der Waals surface area contributed by atoms with Gasteiger partial charge in [-0.1, -0.05) is 42.5 Å². The Hall–Kier alpha value is -4.00. The normalized spacial score (nSPS) is 11.8. The van der Waals surface area contributed by atoms with Crippen molar-refractivity contribution in [2.45, 2.75) is 19.5 Å². The number of hydrogen-bond donors (Lipinski definition) is 1. The minimum absolute atomic E-state index is 0.0478. The van der Waals surface area contributed by atoms with Crippen LogP contribution in [-0.2, 0) is 6.54 Å². The lowest BCUT2D eigenvalue weighted by Crippen LogP contribution is -2.25. The summed E-state index contributed by atoms with van der Waals surface area (Å²) in [6, 6.07) is 21.5. The Kier molecular flexibility index (Phi) is 6.49. The number of amides is 1. The molecule has 3 aromatic carbocycles. The lowest BCUT2D eigenvalue weighted by molar-refractivity contribution is 0.0948. The molecule has 0 spiro atoms. The molecule has 1 aromatic heterocycles. The standard InChI is InChI=1S/C26H27N3O4/c1-17(18-10-6-5-7-11-18)29-21-13-9-8-12-20(21)28-24(29)16-27-26(30)19-14-22(31-2)25(33-4)23(15-19)32-3/h5-15,17H,16H2,1-4H3,(H,27,30). The van der Waals surface area contributed by atoms with Crippen molar-refractivity contribution in [1.29, 1.82) is 0 Å². The van der Waals surface area contributed by atoms with Gasteiger partial charge in [0.1, 0.15) is 5.82 Å². The van der Waals surface area contributed by atoms with Crippen LogP contribution in [-0.4, -0.2) is 36.8 Å². The van der Waals surface area contributed by atoms with Crippen LogP contribution in [0.5, 0.6) is 17.2 Å². The van der Waals surface area contributed by atoms with E-state index >= 15 is 0 Å². The molecule has 0 saturated heterocycles. The number of nitrogens with one attached hydrogen (secondary N) is 1. The lowest BCUT2D eigenvalue weighted by atomic mass is 10.1. The van der Waals surface area contributed by atoms with Crippen LogP contribution >= 0.6 is 0 Å². The first-order valence-corrected chi connectivity index (χ1v) is 10.7. The molecular weight excluding hydrogens is 418 g/mol. The number of nitrogens with zero attached hydrogens (tertiary/aromatic N) is 2. The fourth-order valence-electron chi connectivity index (χ4n) is 4.01. The smallest absolute Gasteiger partial charge is 0.251 e. The van der Waals surface area contributed by atoms with E-state index < -0.39 is 0 Å². The summed E-state index contributed by atoms with van der Waals surface area (Å²) in [7, 11) is 4.57. The topological polar surface area (TPSA) is 74.6 Å². The van der Waals surface area contributed by atoms with Crippen molar-refractivity contribution in [3.63, 3.8) is 0 Å². The van der Waals surface area contributed by atoms with Crippen LogP contribution in [0.2, 0.25) is 0 Å². The third-order valence-corrected chi connectivity index (χ3v) is 5.67. The van der Waals surface area contributed by atoms with Gasteiger partial charge in [0.15, 0.2) is 11.5 Å². The molecule has 0 saturated carbocycles. The van der Waals surface area contributed by atoms with Crippen molar-refractivity contribution in [3.05, 3.63) is 83.7 Å². The third kappa shape index (κ3) is 4.35. The molecule has 0 aliphatic heterocycles. The van der Waals surface area contributed by atoms with Crippen LogP contribution in [0.4, 0.5) is 0 Å². The predicted octanol–water partition coefficient (Wildman–Crippen LogP) is 4.60. The molecule has 1 unspecified atom stereocenters. The van der Waals surface area contributed by atoms with Crippen molar-refractivity contribution in [2.75, 3.05) is 21.3 Å². The van der Waals surface area contributed by atoms with E-state index in [2.05, 4.69) is 28.9 Å². The lowest BCUT2D eigenvalue weighted by Gasteiger charge is -2.19. The van der Waals surface area contributed by atoms with Gasteiger partial charge in [-0.15, -0.1) is 0 Å². The van der Waals surface area contributed by atoms with Gasteiger partial charge in [0.05, 0.1) is 44.9 Å². The van der Waals surface area contributed by atoms with Crippen LogP contribution in [0.1, 0.15) is 34.7 Å². The van der Waals surface area contributed by atoms with E-state index in [9.17, 15) is 4.79 Å². The number of hydrogen-bond acceptors (Lipinski definition) is 5. The number of benzene rings is 3. The number of rotatable bonds is 8. The summed E-state index contributed by atoms with van der Waals surface area (Å²) in [5.74, 6) is 1.79. The molecular formula is C26H27N3O4. The van der Waals surface area contributed by atoms with Gasteiger partial charge in [0.2, 0.25) is 5.75 Å². The Labute approximate surface area is 192 Å². The quantitative estimate of drug-likeness (QED) is 0.429. The summed E-state index contributed by atoms with van der Waals surface area (Å²) < 4.78 is 18.3. The number of aromatic nitrogens is 2. The van der Waals surface area contributed by atoms with Gasteiger partial charge in [-0.05, 0) is 36.8 Å². The molecule has 0 radical (unpaired) electrons. The van der Waals surface area contributed by atoms with Gasteiger partial charge < -0.3 is 24.1 Å². The summed E-state index contributed by atoms with van der Waals surface area (Å²) in [5, 5.41) is 2.99. The maximum Gasteiger partial charge on any atom is 0.251 e. The zero-order valence-corrected chi connectivity index (χ0v) is 19.2. The largest absolute Gasteiger partial charge is 0.493 e. The first-order chi connectivity index (χ1) is 16.1. The first kappa shape index (κ1) is 22.2. The number of carbonyl (C=O) groups is 1. The Morgan fingerprint density at radius 3 is 2.21 bits per heavy atom. The summed E-state index contributed by atoms with van der Waals surface area (Å²) in [5.41, 5.74) is 3.48. The van der Waals surface area contributed by atoms with Crippen LogP contribution in [0, 0.1) is 0 Å². The van der Waals surface area contributed by atoms with Crippen LogP contribution in [0.25, 0.3) is 11.0 Å².